The van der Waals surface area contributed by atoms with E-state index >= 15 is 0 Å². The van der Waals surface area contributed by atoms with Crippen LogP contribution in [0.5, 0.6) is 0 Å². The maximum Gasteiger partial charge on any atom is 0.235 e. The van der Waals surface area contributed by atoms with Crippen molar-refractivity contribution in [3.05, 3.63) is 52.6 Å². The van der Waals surface area contributed by atoms with E-state index in [2.05, 4.69) is 21.9 Å². The van der Waals surface area contributed by atoms with Gasteiger partial charge in [0.15, 0.2) is 0 Å². The Labute approximate surface area is 198 Å². The molecule has 3 rings (SSSR count). The minimum Gasteiger partial charge on any atom is -0.395 e. The summed E-state index contributed by atoms with van der Waals surface area (Å²) in [6.07, 6.45) is 1.36. The van der Waals surface area contributed by atoms with Crippen LogP contribution in [0.15, 0.2) is 35.4 Å². The molecular formula is C24H28N6O2S. The van der Waals surface area contributed by atoms with Crippen LogP contribution in [0.2, 0.25) is 0 Å². The maximum absolute atomic E-state index is 12.3. The third kappa shape index (κ3) is 5.63. The lowest BCUT2D eigenvalue weighted by Gasteiger charge is -2.26. The van der Waals surface area contributed by atoms with Gasteiger partial charge in [0.1, 0.15) is 28.2 Å². The second kappa shape index (κ2) is 11.7. The van der Waals surface area contributed by atoms with Gasteiger partial charge in [-0.1, -0.05) is 49.0 Å². The van der Waals surface area contributed by atoms with Crippen molar-refractivity contribution in [3.8, 4) is 12.1 Å². The van der Waals surface area contributed by atoms with E-state index in [1.807, 2.05) is 37.3 Å². The Balaban J connectivity index is 2.06. The summed E-state index contributed by atoms with van der Waals surface area (Å²) in [6.45, 7) is 5.58. The summed E-state index contributed by atoms with van der Waals surface area (Å²) in [5.41, 5.74) is 7.82. The normalized spacial score (nSPS) is 15.3. The predicted octanol–water partition coefficient (Wildman–Crippen LogP) is 2.21. The SMILES string of the molecule is CCc1c(C#N)c(SC(C(N)=O)c2ccccc2)nc(N2CCCN(CCO)CC2)c1C#N. The van der Waals surface area contributed by atoms with E-state index in [0.29, 0.717) is 53.6 Å². The predicted molar refractivity (Wildman–Crippen MR) is 128 cm³/mol. The average molecular weight is 465 g/mol. The van der Waals surface area contributed by atoms with Gasteiger partial charge in [0, 0.05) is 26.2 Å². The van der Waals surface area contributed by atoms with E-state index in [1.165, 1.54) is 0 Å². The summed E-state index contributed by atoms with van der Waals surface area (Å²) in [5, 5.41) is 28.9. The number of nitriles is 2. The number of aromatic nitrogens is 1. The van der Waals surface area contributed by atoms with E-state index < -0.39 is 11.2 Å². The Kier molecular flexibility index (Phi) is 8.67. The molecule has 1 atom stereocenters. The summed E-state index contributed by atoms with van der Waals surface area (Å²) in [5.74, 6) is 0.0215. The van der Waals surface area contributed by atoms with E-state index in [4.69, 9.17) is 10.7 Å². The molecular weight excluding hydrogens is 436 g/mol. The van der Waals surface area contributed by atoms with Crippen molar-refractivity contribution in [2.45, 2.75) is 30.0 Å². The van der Waals surface area contributed by atoms with Crippen LogP contribution < -0.4 is 10.6 Å². The van der Waals surface area contributed by atoms with Gasteiger partial charge in [0.05, 0.1) is 17.7 Å². The zero-order chi connectivity index (χ0) is 23.8. The quantitative estimate of drug-likeness (QED) is 0.569. The van der Waals surface area contributed by atoms with Gasteiger partial charge in [-0.15, -0.1) is 0 Å². The number of β-amino-alcohol motifs (C(OH)–C–C–N with tert-alkyl or cyclic N) is 1. The van der Waals surface area contributed by atoms with Crippen molar-refractivity contribution in [1.82, 2.24) is 9.88 Å². The molecule has 2 heterocycles. The first-order valence-electron chi connectivity index (χ1n) is 11.0. The van der Waals surface area contributed by atoms with Gasteiger partial charge >= 0.3 is 0 Å². The average Bonchev–Trinajstić information content (AvgIpc) is 3.07. The highest BCUT2D eigenvalue weighted by atomic mass is 32.2. The van der Waals surface area contributed by atoms with Gasteiger partial charge in [-0.25, -0.2) is 4.98 Å². The Hall–Kier alpha value is -3.11. The minimum absolute atomic E-state index is 0.104. The van der Waals surface area contributed by atoms with Crippen molar-refractivity contribution in [2.75, 3.05) is 44.2 Å². The van der Waals surface area contributed by atoms with Crippen molar-refractivity contribution >= 4 is 23.5 Å². The van der Waals surface area contributed by atoms with Crippen LogP contribution >= 0.6 is 11.8 Å². The first-order valence-corrected chi connectivity index (χ1v) is 11.9. The number of thioether (sulfide) groups is 1. The molecule has 0 aliphatic carbocycles. The number of pyridine rings is 1. The lowest BCUT2D eigenvalue weighted by Crippen LogP contribution is -2.33. The number of benzene rings is 1. The van der Waals surface area contributed by atoms with E-state index in [-0.39, 0.29) is 6.61 Å². The highest BCUT2D eigenvalue weighted by Crippen LogP contribution is 2.39. The Morgan fingerprint density at radius 3 is 2.52 bits per heavy atom. The molecule has 1 aliphatic heterocycles. The smallest absolute Gasteiger partial charge is 0.235 e. The zero-order valence-corrected chi connectivity index (χ0v) is 19.5. The lowest BCUT2D eigenvalue weighted by molar-refractivity contribution is -0.117. The molecule has 1 aliphatic rings. The van der Waals surface area contributed by atoms with E-state index in [0.717, 1.165) is 36.8 Å². The van der Waals surface area contributed by atoms with Crippen LogP contribution in [0.3, 0.4) is 0 Å². The molecule has 9 heteroatoms. The molecule has 1 amide bonds. The molecule has 0 bridgehead atoms. The molecule has 1 aromatic heterocycles. The minimum atomic E-state index is -0.708. The van der Waals surface area contributed by atoms with Crippen molar-refractivity contribution in [3.63, 3.8) is 0 Å². The Bertz CT molecular complexity index is 1060. The number of anilines is 1. The summed E-state index contributed by atoms with van der Waals surface area (Å²) in [6, 6.07) is 13.7. The zero-order valence-electron chi connectivity index (χ0n) is 18.7. The highest BCUT2D eigenvalue weighted by Gasteiger charge is 2.28. The first-order chi connectivity index (χ1) is 16.0. The number of aliphatic hydroxyl groups excluding tert-OH is 1. The largest absolute Gasteiger partial charge is 0.395 e. The van der Waals surface area contributed by atoms with Crippen LogP contribution in [0.25, 0.3) is 0 Å². The van der Waals surface area contributed by atoms with Crippen molar-refractivity contribution in [2.24, 2.45) is 5.73 Å². The van der Waals surface area contributed by atoms with Gasteiger partial charge in [0.2, 0.25) is 5.91 Å². The van der Waals surface area contributed by atoms with Gasteiger partial charge in [-0.05, 0) is 30.5 Å². The summed E-state index contributed by atoms with van der Waals surface area (Å²) < 4.78 is 0. The van der Waals surface area contributed by atoms with E-state index in [1.54, 1.807) is 0 Å². The number of hydrogen-bond donors (Lipinski definition) is 2. The Morgan fingerprint density at radius 1 is 1.18 bits per heavy atom. The van der Waals surface area contributed by atoms with Gasteiger partial charge in [0.25, 0.3) is 0 Å². The summed E-state index contributed by atoms with van der Waals surface area (Å²) in [4.78, 5) is 21.3. The molecule has 172 valence electrons. The third-order valence-electron chi connectivity index (χ3n) is 5.72. The third-order valence-corrected chi connectivity index (χ3v) is 6.98. The lowest BCUT2D eigenvalue weighted by atomic mass is 10.0. The van der Waals surface area contributed by atoms with Gasteiger partial charge in [-0.2, -0.15) is 10.5 Å². The van der Waals surface area contributed by atoms with Crippen LogP contribution in [0.1, 0.15) is 40.8 Å². The maximum atomic E-state index is 12.3. The molecule has 0 radical (unpaired) electrons. The fourth-order valence-corrected chi connectivity index (χ4v) is 5.13. The fraction of sp³-hybridized carbons (Fsp3) is 0.417. The fourth-order valence-electron chi connectivity index (χ4n) is 4.08. The molecule has 33 heavy (non-hydrogen) atoms. The van der Waals surface area contributed by atoms with Crippen LogP contribution in [-0.4, -0.2) is 60.2 Å². The number of aliphatic hydroxyl groups is 1. The molecule has 8 nitrogen and oxygen atoms in total. The molecule has 1 saturated heterocycles. The monoisotopic (exact) mass is 464 g/mol. The number of rotatable bonds is 8. The Morgan fingerprint density at radius 2 is 1.91 bits per heavy atom. The van der Waals surface area contributed by atoms with E-state index in [9.17, 15) is 20.4 Å². The van der Waals surface area contributed by atoms with Crippen LogP contribution in [-0.2, 0) is 11.2 Å². The highest BCUT2D eigenvalue weighted by molar-refractivity contribution is 8.00. The molecule has 0 spiro atoms. The standard InChI is InChI=1S/C24H28N6O2S/c1-2-18-19(15-25)23(30-10-6-9-29(11-12-30)13-14-31)28-24(20(18)16-26)33-21(22(27)32)17-7-4-3-5-8-17/h3-5,7-8,21,31H,2,6,9-14H2,1H3,(H2,27,32). The number of nitrogens with two attached hydrogens (primary N) is 1. The summed E-state index contributed by atoms with van der Waals surface area (Å²) in [7, 11) is 0. The molecule has 2 aromatic rings. The van der Waals surface area contributed by atoms with Crippen molar-refractivity contribution in [1.29, 1.82) is 10.5 Å². The van der Waals surface area contributed by atoms with Crippen LogP contribution in [0, 0.1) is 22.7 Å². The molecule has 1 aromatic carbocycles. The topological polar surface area (TPSA) is 130 Å². The number of carbonyl (C=O) groups excluding carboxylic acids is 1. The van der Waals surface area contributed by atoms with Crippen LogP contribution in [0.4, 0.5) is 5.82 Å². The molecule has 3 N–H and O–H groups in total. The number of hydrogen-bond acceptors (Lipinski definition) is 8. The van der Waals surface area contributed by atoms with Gasteiger partial charge in [-0.3, -0.25) is 9.69 Å². The second-order valence-electron chi connectivity index (χ2n) is 7.76. The van der Waals surface area contributed by atoms with Crippen molar-refractivity contribution < 1.29 is 9.90 Å². The van der Waals surface area contributed by atoms with Gasteiger partial charge < -0.3 is 15.7 Å². The second-order valence-corrected chi connectivity index (χ2v) is 8.86. The number of amides is 1. The summed E-state index contributed by atoms with van der Waals surface area (Å²) >= 11 is 1.15. The number of primary amides is 1. The number of nitrogens with zero attached hydrogens (tertiary/aromatic N) is 5. The molecule has 1 fully saturated rings. The molecule has 0 saturated carbocycles. The first kappa shape index (κ1) is 24.5. The molecule has 1 unspecified atom stereocenters. The number of carbonyl (C=O) groups is 1.